The number of hydrogen-bond acceptors (Lipinski definition) is 3. The van der Waals surface area contributed by atoms with E-state index in [9.17, 15) is 9.59 Å². The van der Waals surface area contributed by atoms with Crippen molar-refractivity contribution in [3.8, 4) is 0 Å². The number of ether oxygens (including phenoxy) is 1. The van der Waals surface area contributed by atoms with Gasteiger partial charge in [-0.25, -0.2) is 4.79 Å². The normalized spacial score (nSPS) is 9.33. The molecule has 0 aromatic heterocycles. The van der Waals surface area contributed by atoms with Crippen LogP contribution >= 0.6 is 0 Å². The number of benzene rings is 1. The van der Waals surface area contributed by atoms with Crippen molar-refractivity contribution in [3.63, 3.8) is 0 Å². The Labute approximate surface area is 106 Å². The lowest BCUT2D eigenvalue weighted by atomic mass is 10.2. The second-order valence-electron chi connectivity index (χ2n) is 3.44. The summed E-state index contributed by atoms with van der Waals surface area (Å²) in [6.07, 6.45) is 0.959. The van der Waals surface area contributed by atoms with Gasteiger partial charge in [0.05, 0.1) is 0 Å². The van der Waals surface area contributed by atoms with Crippen molar-refractivity contribution < 1.29 is 14.3 Å². The predicted molar refractivity (Wildman–Crippen MR) is 68.3 cm³/mol. The Bertz CT molecular complexity index is 404. The third-order valence-corrected chi connectivity index (χ3v) is 2.05. The van der Waals surface area contributed by atoms with E-state index in [0.29, 0.717) is 18.7 Å². The van der Waals surface area contributed by atoms with Gasteiger partial charge in [-0.05, 0) is 12.1 Å². The van der Waals surface area contributed by atoms with E-state index in [1.807, 2.05) is 6.07 Å². The van der Waals surface area contributed by atoms with Crippen molar-refractivity contribution in [2.24, 2.45) is 0 Å². The number of nitrogens with one attached hydrogen (secondary N) is 2. The molecule has 5 heteroatoms. The van der Waals surface area contributed by atoms with Gasteiger partial charge in [-0.1, -0.05) is 30.9 Å². The fourth-order valence-electron chi connectivity index (χ4n) is 1.22. The quantitative estimate of drug-likeness (QED) is 0.589. The molecule has 18 heavy (non-hydrogen) atoms. The zero-order valence-electron chi connectivity index (χ0n) is 10.0. The summed E-state index contributed by atoms with van der Waals surface area (Å²) < 4.78 is 4.70. The van der Waals surface area contributed by atoms with Crippen LogP contribution in [-0.2, 0) is 4.74 Å². The summed E-state index contributed by atoms with van der Waals surface area (Å²) in [6, 6.07) is 8.87. The highest BCUT2D eigenvalue weighted by molar-refractivity contribution is 5.94. The Kier molecular flexibility index (Phi) is 6.03. The van der Waals surface area contributed by atoms with Crippen LogP contribution in [0.1, 0.15) is 10.4 Å². The van der Waals surface area contributed by atoms with Crippen molar-refractivity contribution >= 4 is 12.0 Å². The predicted octanol–water partition coefficient (Wildman–Crippen LogP) is 1.33. The number of rotatable bonds is 6. The van der Waals surface area contributed by atoms with Crippen molar-refractivity contribution in [2.45, 2.75) is 0 Å². The van der Waals surface area contributed by atoms with Gasteiger partial charge in [0.25, 0.3) is 5.91 Å². The molecule has 0 saturated carbocycles. The van der Waals surface area contributed by atoms with Gasteiger partial charge in [0.2, 0.25) is 0 Å². The zero-order chi connectivity index (χ0) is 13.2. The number of carbonyl (C=O) groups excluding carboxylic acids is 2. The molecule has 5 nitrogen and oxygen atoms in total. The second-order valence-corrected chi connectivity index (χ2v) is 3.44. The van der Waals surface area contributed by atoms with Crippen molar-refractivity contribution in [3.05, 3.63) is 48.6 Å². The number of carbonyl (C=O) groups is 2. The van der Waals surface area contributed by atoms with Crippen molar-refractivity contribution in [1.29, 1.82) is 0 Å². The lowest BCUT2D eigenvalue weighted by Crippen LogP contribution is -2.34. The zero-order valence-corrected chi connectivity index (χ0v) is 10.0. The van der Waals surface area contributed by atoms with Crippen LogP contribution < -0.4 is 10.6 Å². The van der Waals surface area contributed by atoms with Crippen LogP contribution in [0.15, 0.2) is 43.0 Å². The highest BCUT2D eigenvalue weighted by Gasteiger charge is 2.03. The van der Waals surface area contributed by atoms with Gasteiger partial charge in [0, 0.05) is 18.7 Å². The Balaban J connectivity index is 2.17. The van der Waals surface area contributed by atoms with Crippen LogP contribution in [-0.4, -0.2) is 31.7 Å². The van der Waals surface area contributed by atoms with E-state index < -0.39 is 6.09 Å². The van der Waals surface area contributed by atoms with Gasteiger partial charge in [-0.3, -0.25) is 4.79 Å². The minimum atomic E-state index is -0.524. The molecule has 0 aliphatic heterocycles. The summed E-state index contributed by atoms with van der Waals surface area (Å²) in [5, 5.41) is 5.18. The molecule has 0 heterocycles. The van der Waals surface area contributed by atoms with Gasteiger partial charge in [-0.15, -0.1) is 0 Å². The van der Waals surface area contributed by atoms with E-state index >= 15 is 0 Å². The average Bonchev–Trinajstić information content (AvgIpc) is 2.42. The molecule has 0 aliphatic carbocycles. The summed E-state index contributed by atoms with van der Waals surface area (Å²) in [6.45, 7) is 4.25. The molecule has 2 amide bonds. The minimum absolute atomic E-state index is 0.169. The maximum Gasteiger partial charge on any atom is 0.407 e. The first-order chi connectivity index (χ1) is 8.74. The van der Waals surface area contributed by atoms with Crippen LogP contribution in [0.2, 0.25) is 0 Å². The number of alkyl carbamates (subject to hydrolysis) is 1. The lowest BCUT2D eigenvalue weighted by molar-refractivity contribution is 0.0952. The molecule has 0 radical (unpaired) electrons. The number of hydrogen-bond donors (Lipinski definition) is 2. The van der Waals surface area contributed by atoms with Crippen molar-refractivity contribution in [1.82, 2.24) is 10.6 Å². The molecule has 1 aromatic rings. The smallest absolute Gasteiger partial charge is 0.407 e. The SMILES string of the molecule is C=CCOC(=O)NCCNC(=O)c1ccccc1. The molecule has 0 unspecified atom stereocenters. The number of amides is 2. The molecular formula is C13H16N2O3. The maximum atomic E-state index is 11.6. The molecule has 0 spiro atoms. The van der Waals surface area contributed by atoms with Gasteiger partial charge in [-0.2, -0.15) is 0 Å². The van der Waals surface area contributed by atoms with Gasteiger partial charge in [0.15, 0.2) is 0 Å². The third kappa shape index (κ3) is 5.16. The molecule has 1 rings (SSSR count). The summed E-state index contributed by atoms with van der Waals surface area (Å²) in [7, 11) is 0. The fourth-order valence-corrected chi connectivity index (χ4v) is 1.22. The molecule has 0 atom stereocenters. The van der Waals surface area contributed by atoms with E-state index in [2.05, 4.69) is 17.2 Å². The first-order valence-corrected chi connectivity index (χ1v) is 5.59. The molecule has 96 valence electrons. The molecule has 0 saturated heterocycles. The standard InChI is InChI=1S/C13H16N2O3/c1-2-10-18-13(17)15-9-8-14-12(16)11-6-4-3-5-7-11/h2-7H,1,8-10H2,(H,14,16)(H,15,17). The molecule has 0 fully saturated rings. The van der Waals surface area contributed by atoms with Crippen LogP contribution in [0.3, 0.4) is 0 Å². The van der Waals surface area contributed by atoms with Crippen LogP contribution in [0.25, 0.3) is 0 Å². The summed E-state index contributed by atoms with van der Waals surface area (Å²) in [4.78, 5) is 22.6. The second kappa shape index (κ2) is 7.89. The fraction of sp³-hybridized carbons (Fsp3) is 0.231. The Morgan fingerprint density at radius 1 is 1.17 bits per heavy atom. The molecule has 0 aliphatic rings. The first-order valence-electron chi connectivity index (χ1n) is 5.59. The Morgan fingerprint density at radius 3 is 2.50 bits per heavy atom. The average molecular weight is 248 g/mol. The lowest BCUT2D eigenvalue weighted by Gasteiger charge is -2.07. The van der Waals surface area contributed by atoms with E-state index in [0.717, 1.165) is 0 Å². The molecule has 1 aromatic carbocycles. The first kappa shape index (κ1) is 13.8. The van der Waals surface area contributed by atoms with Gasteiger partial charge >= 0.3 is 6.09 Å². The highest BCUT2D eigenvalue weighted by Crippen LogP contribution is 1.96. The van der Waals surface area contributed by atoms with Gasteiger partial charge < -0.3 is 15.4 Å². The summed E-state index contributed by atoms with van der Waals surface area (Å²) in [5.41, 5.74) is 0.590. The highest BCUT2D eigenvalue weighted by atomic mass is 16.5. The topological polar surface area (TPSA) is 67.4 Å². The van der Waals surface area contributed by atoms with E-state index in [4.69, 9.17) is 4.74 Å². The van der Waals surface area contributed by atoms with Crippen molar-refractivity contribution in [2.75, 3.05) is 19.7 Å². The maximum absolute atomic E-state index is 11.6. The van der Waals surface area contributed by atoms with E-state index in [1.165, 1.54) is 6.08 Å². The molecule has 0 bridgehead atoms. The molecule has 2 N–H and O–H groups in total. The largest absolute Gasteiger partial charge is 0.445 e. The van der Waals surface area contributed by atoms with Crippen LogP contribution in [0.4, 0.5) is 4.79 Å². The monoisotopic (exact) mass is 248 g/mol. The van der Waals surface area contributed by atoms with E-state index in [-0.39, 0.29) is 12.5 Å². The van der Waals surface area contributed by atoms with E-state index in [1.54, 1.807) is 24.3 Å². The third-order valence-electron chi connectivity index (χ3n) is 2.05. The van der Waals surface area contributed by atoms with Crippen LogP contribution in [0.5, 0.6) is 0 Å². The van der Waals surface area contributed by atoms with Crippen LogP contribution in [0, 0.1) is 0 Å². The Morgan fingerprint density at radius 2 is 1.83 bits per heavy atom. The minimum Gasteiger partial charge on any atom is -0.445 e. The Hall–Kier alpha value is -2.30. The summed E-state index contributed by atoms with van der Waals surface area (Å²) >= 11 is 0. The van der Waals surface area contributed by atoms with Gasteiger partial charge in [0.1, 0.15) is 6.61 Å². The summed E-state index contributed by atoms with van der Waals surface area (Å²) in [5.74, 6) is -0.170. The molecular weight excluding hydrogens is 232 g/mol.